The summed E-state index contributed by atoms with van der Waals surface area (Å²) in [5.41, 5.74) is 6.52. The summed E-state index contributed by atoms with van der Waals surface area (Å²) >= 11 is 0. The number of nitrogens with two attached hydrogens (primary N) is 2. The van der Waals surface area contributed by atoms with Crippen molar-refractivity contribution in [3.8, 4) is 11.1 Å². The quantitative estimate of drug-likeness (QED) is 0.869. The molecule has 0 aliphatic rings. The lowest BCUT2D eigenvalue weighted by molar-refractivity contribution is 0.100. The molecule has 0 aliphatic heterocycles. The fraction of sp³-hybridized carbons (Fsp3) is 0. The van der Waals surface area contributed by atoms with E-state index in [2.05, 4.69) is 6.07 Å². The van der Waals surface area contributed by atoms with Crippen molar-refractivity contribution in [1.29, 1.82) is 0 Å². The Morgan fingerprint density at radius 3 is 2.53 bits per heavy atom. The highest BCUT2D eigenvalue weighted by atomic mass is 32.2. The molecule has 0 atom stereocenters. The summed E-state index contributed by atoms with van der Waals surface area (Å²) in [5.74, 6) is -0.628. The van der Waals surface area contributed by atoms with E-state index in [0.717, 1.165) is 0 Å². The van der Waals surface area contributed by atoms with E-state index in [0.29, 0.717) is 11.1 Å². The van der Waals surface area contributed by atoms with Gasteiger partial charge in [0.25, 0.3) is 0 Å². The molecule has 4 N–H and O–H groups in total. The summed E-state index contributed by atoms with van der Waals surface area (Å²) in [5, 5.41) is 5.07. The van der Waals surface area contributed by atoms with Crippen LogP contribution in [-0.4, -0.2) is 14.3 Å². The van der Waals surface area contributed by atoms with Gasteiger partial charge in [0.2, 0.25) is 15.9 Å². The zero-order valence-electron chi connectivity index (χ0n) is 9.83. The molecule has 0 saturated heterocycles. The molecule has 0 unspecified atom stereocenters. The van der Waals surface area contributed by atoms with Gasteiger partial charge in [-0.25, -0.2) is 13.6 Å². The normalized spacial score (nSPS) is 11.2. The van der Waals surface area contributed by atoms with Crippen LogP contribution in [0.2, 0.25) is 0 Å². The number of carbonyl (C=O) groups excluding carboxylic acids is 1. The number of sulfonamides is 1. The molecule has 2 aromatic rings. The molecule has 0 saturated carbocycles. The fourth-order valence-electron chi connectivity index (χ4n) is 1.72. The lowest BCUT2D eigenvalue weighted by Crippen LogP contribution is -2.13. The number of hydrogen-bond acceptors (Lipinski definition) is 3. The third kappa shape index (κ3) is 2.81. The molecule has 0 fully saturated rings. The fourth-order valence-corrected chi connectivity index (χ4v) is 2.28. The zero-order chi connectivity index (χ0) is 14.0. The molecule has 1 radical (unpaired) electrons. The van der Waals surface area contributed by atoms with Crippen LogP contribution in [0.1, 0.15) is 10.4 Å². The standard InChI is InChI=1S/C13H11N2O3S/c14-13(16)12-7-2-1-6-11(12)9-4-3-5-10(8-9)19(15,17)18/h1-6,8H,(H2,14,16)(H2,15,17,18). The zero-order valence-corrected chi connectivity index (χ0v) is 10.6. The van der Waals surface area contributed by atoms with E-state index in [9.17, 15) is 13.2 Å². The van der Waals surface area contributed by atoms with E-state index >= 15 is 0 Å². The van der Waals surface area contributed by atoms with E-state index in [4.69, 9.17) is 10.9 Å². The summed E-state index contributed by atoms with van der Waals surface area (Å²) in [4.78, 5) is 11.3. The van der Waals surface area contributed by atoms with Crippen molar-refractivity contribution < 1.29 is 13.2 Å². The van der Waals surface area contributed by atoms with Crippen LogP contribution in [0.5, 0.6) is 0 Å². The molecule has 0 aromatic heterocycles. The Labute approximate surface area is 110 Å². The predicted octanol–water partition coefficient (Wildman–Crippen LogP) is 0.900. The molecule has 97 valence electrons. The number of carbonyl (C=O) groups is 1. The summed E-state index contributed by atoms with van der Waals surface area (Å²) in [7, 11) is -3.79. The highest BCUT2D eigenvalue weighted by Gasteiger charge is 2.12. The summed E-state index contributed by atoms with van der Waals surface area (Å²) < 4.78 is 22.6. The van der Waals surface area contributed by atoms with Gasteiger partial charge < -0.3 is 5.73 Å². The predicted molar refractivity (Wildman–Crippen MR) is 70.6 cm³/mol. The van der Waals surface area contributed by atoms with E-state index in [-0.39, 0.29) is 10.5 Å². The molecule has 0 aliphatic carbocycles. The lowest BCUT2D eigenvalue weighted by Gasteiger charge is -2.07. The Hall–Kier alpha value is -2.18. The van der Waals surface area contributed by atoms with Crippen LogP contribution in [0.15, 0.2) is 47.4 Å². The van der Waals surface area contributed by atoms with Crippen LogP contribution in [0.25, 0.3) is 11.1 Å². The van der Waals surface area contributed by atoms with Crippen molar-refractivity contribution >= 4 is 15.9 Å². The Balaban J connectivity index is 2.64. The Kier molecular flexibility index (Phi) is 3.37. The van der Waals surface area contributed by atoms with Crippen molar-refractivity contribution in [2.75, 3.05) is 0 Å². The molecule has 2 rings (SSSR count). The van der Waals surface area contributed by atoms with Gasteiger partial charge in [0, 0.05) is 0 Å². The molecule has 5 nitrogen and oxygen atoms in total. The van der Waals surface area contributed by atoms with E-state index < -0.39 is 15.9 Å². The number of amides is 1. The van der Waals surface area contributed by atoms with Crippen molar-refractivity contribution in [1.82, 2.24) is 0 Å². The summed E-state index contributed by atoms with van der Waals surface area (Å²) in [6, 6.07) is 13.6. The highest BCUT2D eigenvalue weighted by Crippen LogP contribution is 2.25. The largest absolute Gasteiger partial charge is 0.366 e. The third-order valence-corrected chi connectivity index (χ3v) is 3.49. The summed E-state index contributed by atoms with van der Waals surface area (Å²) in [6.45, 7) is 0. The molecule has 1 amide bonds. The Morgan fingerprint density at radius 2 is 1.89 bits per heavy atom. The Morgan fingerprint density at radius 1 is 1.16 bits per heavy atom. The number of primary sulfonamides is 1. The topological polar surface area (TPSA) is 103 Å². The van der Waals surface area contributed by atoms with Gasteiger partial charge in [-0.15, -0.1) is 0 Å². The molecule has 19 heavy (non-hydrogen) atoms. The second-order valence-corrected chi connectivity index (χ2v) is 5.46. The van der Waals surface area contributed by atoms with Gasteiger partial charge in [-0.1, -0.05) is 30.3 Å². The van der Waals surface area contributed by atoms with Crippen LogP contribution >= 0.6 is 0 Å². The van der Waals surface area contributed by atoms with Crippen LogP contribution in [0, 0.1) is 6.07 Å². The number of rotatable bonds is 3. The van der Waals surface area contributed by atoms with Gasteiger partial charge in [0.05, 0.1) is 10.5 Å². The first kappa shape index (κ1) is 13.3. The minimum absolute atomic E-state index is 0.0238. The van der Waals surface area contributed by atoms with Crippen molar-refractivity contribution in [2.24, 2.45) is 10.9 Å². The average molecular weight is 275 g/mol. The maximum atomic E-state index is 11.3. The van der Waals surface area contributed by atoms with Gasteiger partial charge in [-0.3, -0.25) is 4.79 Å². The molecule has 0 spiro atoms. The smallest absolute Gasteiger partial charge is 0.249 e. The van der Waals surface area contributed by atoms with Crippen molar-refractivity contribution in [3.05, 3.63) is 54.1 Å². The van der Waals surface area contributed by atoms with E-state index in [1.54, 1.807) is 30.3 Å². The first-order valence-electron chi connectivity index (χ1n) is 5.33. The second kappa shape index (κ2) is 4.83. The first-order valence-corrected chi connectivity index (χ1v) is 6.88. The van der Waals surface area contributed by atoms with Gasteiger partial charge in [-0.2, -0.15) is 0 Å². The van der Waals surface area contributed by atoms with Gasteiger partial charge in [0.1, 0.15) is 0 Å². The van der Waals surface area contributed by atoms with Crippen LogP contribution in [0.3, 0.4) is 0 Å². The molecular weight excluding hydrogens is 264 g/mol. The number of hydrogen-bond donors (Lipinski definition) is 2. The third-order valence-electron chi connectivity index (χ3n) is 2.58. The molecule has 0 heterocycles. The minimum Gasteiger partial charge on any atom is -0.366 e. The maximum absolute atomic E-state index is 11.3. The lowest BCUT2D eigenvalue weighted by atomic mass is 9.99. The van der Waals surface area contributed by atoms with Gasteiger partial charge in [-0.05, 0) is 29.3 Å². The van der Waals surface area contributed by atoms with Crippen molar-refractivity contribution in [3.63, 3.8) is 0 Å². The first-order chi connectivity index (χ1) is 8.89. The highest BCUT2D eigenvalue weighted by molar-refractivity contribution is 7.89. The number of primary amides is 1. The van der Waals surface area contributed by atoms with Crippen LogP contribution in [-0.2, 0) is 10.0 Å². The monoisotopic (exact) mass is 275 g/mol. The summed E-state index contributed by atoms with van der Waals surface area (Å²) in [6.07, 6.45) is 0. The van der Waals surface area contributed by atoms with Crippen LogP contribution < -0.4 is 10.9 Å². The molecule has 2 aromatic carbocycles. The number of benzene rings is 2. The van der Waals surface area contributed by atoms with E-state index in [1.165, 1.54) is 12.1 Å². The molecular formula is C13H11N2O3S. The Bertz CT molecular complexity index is 739. The van der Waals surface area contributed by atoms with Gasteiger partial charge >= 0.3 is 0 Å². The second-order valence-electron chi connectivity index (χ2n) is 3.90. The van der Waals surface area contributed by atoms with Gasteiger partial charge in [0.15, 0.2) is 0 Å². The van der Waals surface area contributed by atoms with E-state index in [1.807, 2.05) is 0 Å². The van der Waals surface area contributed by atoms with Crippen molar-refractivity contribution in [2.45, 2.75) is 4.90 Å². The average Bonchev–Trinajstić information content (AvgIpc) is 2.38. The molecule has 0 bridgehead atoms. The maximum Gasteiger partial charge on any atom is 0.249 e. The SMILES string of the molecule is NC(=O)c1[c]cccc1-c1cccc(S(N)(=O)=O)c1. The molecule has 6 heteroatoms. The minimum atomic E-state index is -3.79. The van der Waals surface area contributed by atoms with Crippen LogP contribution in [0.4, 0.5) is 0 Å².